The van der Waals surface area contributed by atoms with E-state index in [4.69, 9.17) is 8.83 Å². The van der Waals surface area contributed by atoms with Gasteiger partial charge in [-0.15, -0.1) is 0 Å². The van der Waals surface area contributed by atoms with Crippen LogP contribution in [0.1, 0.15) is 22.3 Å². The minimum atomic E-state index is -0.477. The number of furan rings is 2. The molecule has 1 aliphatic rings. The Morgan fingerprint density at radius 3 is 1.27 bits per heavy atom. The maximum absolute atomic E-state index is 6.19. The van der Waals surface area contributed by atoms with Gasteiger partial charge >= 0.3 is 0 Å². The molecular weight excluding hydrogens is 851 g/mol. The molecule has 0 bridgehead atoms. The molecule has 3 nitrogen and oxygen atoms in total. The molecule has 2 heterocycles. The molecule has 0 atom stereocenters. The molecule has 0 amide bonds. The highest BCUT2D eigenvalue weighted by atomic mass is 16.3. The standard InChI is InChI=1S/C67H43NO2/c1-3-16-50(17-4-1)67(51-18-5-2-6-19-51)61-23-10-7-20-55(61)58-43-54(36-37-62(58)67)68(53-34-28-45(29-35-53)48-30-38-65-59(41-48)56-21-8-11-24-63(56)69-65)52-32-26-44(27-33-52)46-14-13-15-47(40-46)49-31-39-66-60(42-49)57-22-9-12-25-64(57)70-66/h1-43H. The van der Waals surface area contributed by atoms with Gasteiger partial charge in [0.05, 0.1) is 5.41 Å². The molecule has 328 valence electrons. The van der Waals surface area contributed by atoms with Crippen molar-refractivity contribution in [3.8, 4) is 44.5 Å². The molecule has 14 rings (SSSR count). The Bertz CT molecular complexity index is 4070. The first-order valence-electron chi connectivity index (χ1n) is 24.0. The van der Waals surface area contributed by atoms with E-state index in [2.05, 4.69) is 241 Å². The SMILES string of the molecule is c1ccc(C2(c3ccccc3)c3ccccc3-c3cc(N(c4ccc(-c5cccc(-c6ccc7oc8ccccc8c7c6)c5)cc4)c4ccc(-c5ccc6oc7ccccc7c6c5)cc4)ccc32)cc1. The highest BCUT2D eigenvalue weighted by molar-refractivity contribution is 6.07. The van der Waals surface area contributed by atoms with Gasteiger partial charge in [-0.05, 0) is 146 Å². The van der Waals surface area contributed by atoms with Gasteiger partial charge in [0.1, 0.15) is 22.3 Å². The van der Waals surface area contributed by atoms with Gasteiger partial charge in [0.25, 0.3) is 0 Å². The van der Waals surface area contributed by atoms with Gasteiger partial charge < -0.3 is 13.7 Å². The fourth-order valence-corrected chi connectivity index (χ4v) is 11.3. The monoisotopic (exact) mass is 893 g/mol. The van der Waals surface area contributed by atoms with Crippen LogP contribution in [-0.4, -0.2) is 0 Å². The third-order valence-electron chi connectivity index (χ3n) is 14.6. The summed E-state index contributed by atoms with van der Waals surface area (Å²) in [5.74, 6) is 0. The first-order chi connectivity index (χ1) is 34.7. The molecule has 0 radical (unpaired) electrons. The summed E-state index contributed by atoms with van der Waals surface area (Å²) < 4.78 is 12.3. The summed E-state index contributed by atoms with van der Waals surface area (Å²) in [5.41, 5.74) is 20.8. The Hall–Kier alpha value is -9.18. The van der Waals surface area contributed by atoms with E-state index in [9.17, 15) is 0 Å². The molecule has 0 N–H and O–H groups in total. The van der Waals surface area contributed by atoms with Gasteiger partial charge in [-0.2, -0.15) is 0 Å². The van der Waals surface area contributed by atoms with Gasteiger partial charge in [-0.3, -0.25) is 0 Å². The number of para-hydroxylation sites is 2. The molecular formula is C67H43NO2. The maximum atomic E-state index is 6.19. The largest absolute Gasteiger partial charge is 0.456 e. The molecule has 0 aliphatic heterocycles. The van der Waals surface area contributed by atoms with Crippen LogP contribution in [0.5, 0.6) is 0 Å². The van der Waals surface area contributed by atoms with E-state index in [-0.39, 0.29) is 0 Å². The van der Waals surface area contributed by atoms with Crippen LogP contribution in [0.3, 0.4) is 0 Å². The summed E-state index contributed by atoms with van der Waals surface area (Å²) in [5, 5.41) is 4.51. The Balaban J connectivity index is 0.886. The summed E-state index contributed by atoms with van der Waals surface area (Å²) in [6.07, 6.45) is 0. The Morgan fingerprint density at radius 2 is 0.686 bits per heavy atom. The average Bonchev–Trinajstić information content (AvgIpc) is 4.10. The van der Waals surface area contributed by atoms with E-state index in [1.807, 2.05) is 24.3 Å². The van der Waals surface area contributed by atoms with Crippen molar-refractivity contribution in [2.24, 2.45) is 0 Å². The second-order valence-corrected chi connectivity index (χ2v) is 18.4. The van der Waals surface area contributed by atoms with Crippen LogP contribution in [0.15, 0.2) is 270 Å². The van der Waals surface area contributed by atoms with Crippen molar-refractivity contribution in [3.05, 3.63) is 283 Å². The van der Waals surface area contributed by atoms with E-state index in [0.29, 0.717) is 0 Å². The molecule has 0 saturated heterocycles. The molecule has 3 heteroatoms. The summed E-state index contributed by atoms with van der Waals surface area (Å²) >= 11 is 0. The number of benzene rings is 11. The fourth-order valence-electron chi connectivity index (χ4n) is 11.3. The van der Waals surface area contributed by atoms with Gasteiger partial charge in [0.15, 0.2) is 0 Å². The molecule has 0 saturated carbocycles. The average molecular weight is 894 g/mol. The van der Waals surface area contributed by atoms with Crippen molar-refractivity contribution in [1.82, 2.24) is 0 Å². The van der Waals surface area contributed by atoms with Gasteiger partial charge in [-0.25, -0.2) is 0 Å². The zero-order valence-corrected chi connectivity index (χ0v) is 38.1. The molecule has 0 unspecified atom stereocenters. The summed E-state index contributed by atoms with van der Waals surface area (Å²) in [7, 11) is 0. The number of fused-ring (bicyclic) bond motifs is 9. The highest BCUT2D eigenvalue weighted by Gasteiger charge is 2.46. The van der Waals surface area contributed by atoms with Crippen molar-refractivity contribution in [3.63, 3.8) is 0 Å². The van der Waals surface area contributed by atoms with Crippen molar-refractivity contribution in [2.75, 3.05) is 4.90 Å². The molecule has 2 aromatic heterocycles. The van der Waals surface area contributed by atoms with E-state index >= 15 is 0 Å². The maximum Gasteiger partial charge on any atom is 0.135 e. The van der Waals surface area contributed by atoms with Crippen LogP contribution < -0.4 is 4.90 Å². The second-order valence-electron chi connectivity index (χ2n) is 18.4. The number of rotatable bonds is 8. The molecule has 11 aromatic carbocycles. The van der Waals surface area contributed by atoms with E-state index < -0.39 is 5.41 Å². The van der Waals surface area contributed by atoms with Crippen LogP contribution in [0.4, 0.5) is 17.1 Å². The molecule has 0 fully saturated rings. The fraction of sp³-hybridized carbons (Fsp3) is 0.0149. The second kappa shape index (κ2) is 16.0. The van der Waals surface area contributed by atoms with Crippen LogP contribution in [0.25, 0.3) is 88.4 Å². The predicted octanol–water partition coefficient (Wildman–Crippen LogP) is 18.3. The van der Waals surface area contributed by atoms with Crippen molar-refractivity contribution >= 4 is 60.9 Å². The predicted molar refractivity (Wildman–Crippen MR) is 289 cm³/mol. The first kappa shape index (κ1) is 39.9. The van der Waals surface area contributed by atoms with E-state index in [0.717, 1.165) is 94.3 Å². The lowest BCUT2D eigenvalue weighted by Gasteiger charge is -2.34. The van der Waals surface area contributed by atoms with E-state index in [1.165, 1.54) is 33.4 Å². The van der Waals surface area contributed by atoms with Crippen LogP contribution in [0, 0.1) is 0 Å². The number of hydrogen-bond acceptors (Lipinski definition) is 3. The van der Waals surface area contributed by atoms with Gasteiger partial charge in [0, 0.05) is 38.6 Å². The number of anilines is 3. The summed E-state index contributed by atoms with van der Waals surface area (Å²) in [6.45, 7) is 0. The van der Waals surface area contributed by atoms with Crippen molar-refractivity contribution in [2.45, 2.75) is 5.41 Å². The lowest BCUT2D eigenvalue weighted by Crippen LogP contribution is -2.28. The minimum Gasteiger partial charge on any atom is -0.456 e. The number of nitrogens with zero attached hydrogens (tertiary/aromatic N) is 1. The Morgan fingerprint density at radius 1 is 0.257 bits per heavy atom. The highest BCUT2D eigenvalue weighted by Crippen LogP contribution is 2.57. The van der Waals surface area contributed by atoms with Crippen LogP contribution in [0.2, 0.25) is 0 Å². The van der Waals surface area contributed by atoms with Crippen LogP contribution >= 0.6 is 0 Å². The Kier molecular flexibility index (Phi) is 9.11. The quantitative estimate of drug-likeness (QED) is 0.152. The first-order valence-corrected chi connectivity index (χ1v) is 24.0. The summed E-state index contributed by atoms with van der Waals surface area (Å²) in [6, 6.07) is 94.5. The molecule has 70 heavy (non-hydrogen) atoms. The topological polar surface area (TPSA) is 29.5 Å². The third-order valence-corrected chi connectivity index (χ3v) is 14.6. The molecule has 1 aliphatic carbocycles. The normalized spacial score (nSPS) is 12.7. The molecule has 0 spiro atoms. The van der Waals surface area contributed by atoms with Crippen molar-refractivity contribution in [1.29, 1.82) is 0 Å². The minimum absolute atomic E-state index is 0.477. The van der Waals surface area contributed by atoms with Gasteiger partial charge in [-0.1, -0.05) is 182 Å². The number of hydrogen-bond donors (Lipinski definition) is 0. The lowest BCUT2D eigenvalue weighted by molar-refractivity contribution is 0.668. The zero-order chi connectivity index (χ0) is 46.2. The lowest BCUT2D eigenvalue weighted by atomic mass is 9.68. The summed E-state index contributed by atoms with van der Waals surface area (Å²) in [4.78, 5) is 2.40. The zero-order valence-electron chi connectivity index (χ0n) is 38.1. The third kappa shape index (κ3) is 6.29. The van der Waals surface area contributed by atoms with Crippen molar-refractivity contribution < 1.29 is 8.83 Å². The Labute approximate surface area is 405 Å². The molecule has 13 aromatic rings. The van der Waals surface area contributed by atoms with Gasteiger partial charge in [0.2, 0.25) is 0 Å². The van der Waals surface area contributed by atoms with E-state index in [1.54, 1.807) is 0 Å². The van der Waals surface area contributed by atoms with Crippen LogP contribution in [-0.2, 0) is 5.41 Å². The smallest absolute Gasteiger partial charge is 0.135 e.